The molecule has 1 N–H and O–H groups in total. The Bertz CT molecular complexity index is 704. The highest BCUT2D eigenvalue weighted by atomic mass is 32.2. The molecule has 0 radical (unpaired) electrons. The molecule has 140 valence electrons. The highest BCUT2D eigenvalue weighted by Crippen LogP contribution is 2.25. The summed E-state index contributed by atoms with van der Waals surface area (Å²) in [5, 5.41) is 1.82. The van der Waals surface area contributed by atoms with Crippen LogP contribution in [-0.2, 0) is 14.8 Å². The van der Waals surface area contributed by atoms with Gasteiger partial charge in [0, 0.05) is 13.1 Å². The Morgan fingerprint density at radius 3 is 2.52 bits per heavy atom. The fourth-order valence-corrected chi connectivity index (χ4v) is 4.13. The molecule has 1 amide bonds. The first-order chi connectivity index (χ1) is 11.6. The van der Waals surface area contributed by atoms with Crippen molar-refractivity contribution < 1.29 is 31.1 Å². The second-order valence-electron chi connectivity index (χ2n) is 5.71. The van der Waals surface area contributed by atoms with Crippen molar-refractivity contribution in [2.24, 2.45) is 5.92 Å². The predicted octanol–water partition coefficient (Wildman–Crippen LogP) is 1.77. The number of carbonyl (C=O) groups excluding carboxylic acids is 1. The van der Waals surface area contributed by atoms with Crippen molar-refractivity contribution in [2.75, 3.05) is 26.7 Å². The number of ether oxygens (including phenoxy) is 1. The SMILES string of the molecule is COc1ccc(S(=O)(=O)N2CCCC(C(=O)NCC(F)(F)F)C2)cc1. The van der Waals surface area contributed by atoms with E-state index >= 15 is 0 Å². The quantitative estimate of drug-likeness (QED) is 0.845. The summed E-state index contributed by atoms with van der Waals surface area (Å²) in [5.74, 6) is -1.09. The standard InChI is InChI=1S/C15H19F3N2O4S/c1-24-12-4-6-13(7-5-12)25(22,23)20-8-2-3-11(9-20)14(21)19-10-15(16,17)18/h4-7,11H,2-3,8-10H2,1H3,(H,19,21). The zero-order valence-electron chi connectivity index (χ0n) is 13.5. The molecular weight excluding hydrogens is 361 g/mol. The first-order valence-corrected chi connectivity index (χ1v) is 9.06. The molecule has 1 saturated heterocycles. The lowest BCUT2D eigenvalue weighted by Crippen LogP contribution is -2.46. The van der Waals surface area contributed by atoms with Gasteiger partial charge in [0.1, 0.15) is 12.3 Å². The number of sulfonamides is 1. The van der Waals surface area contributed by atoms with Gasteiger partial charge in [0.15, 0.2) is 0 Å². The van der Waals surface area contributed by atoms with Crippen LogP contribution in [0.1, 0.15) is 12.8 Å². The minimum Gasteiger partial charge on any atom is -0.497 e. The largest absolute Gasteiger partial charge is 0.497 e. The van der Waals surface area contributed by atoms with Crippen LogP contribution in [0.25, 0.3) is 0 Å². The van der Waals surface area contributed by atoms with Crippen molar-refractivity contribution in [2.45, 2.75) is 23.9 Å². The van der Waals surface area contributed by atoms with Gasteiger partial charge >= 0.3 is 6.18 Å². The molecule has 2 rings (SSSR count). The summed E-state index contributed by atoms with van der Waals surface area (Å²) < 4.78 is 68.0. The number of hydrogen-bond donors (Lipinski definition) is 1. The summed E-state index contributed by atoms with van der Waals surface area (Å²) in [4.78, 5) is 11.9. The average Bonchev–Trinajstić information content (AvgIpc) is 2.59. The van der Waals surface area contributed by atoms with E-state index in [-0.39, 0.29) is 18.0 Å². The molecule has 0 aromatic heterocycles. The van der Waals surface area contributed by atoms with Gasteiger partial charge in [-0.15, -0.1) is 0 Å². The second kappa shape index (κ2) is 7.61. The van der Waals surface area contributed by atoms with Crippen molar-refractivity contribution in [1.82, 2.24) is 9.62 Å². The molecule has 6 nitrogen and oxygen atoms in total. The zero-order valence-corrected chi connectivity index (χ0v) is 14.4. The van der Waals surface area contributed by atoms with Gasteiger partial charge < -0.3 is 10.1 Å². The van der Waals surface area contributed by atoms with E-state index in [1.54, 1.807) is 0 Å². The van der Waals surface area contributed by atoms with E-state index in [1.807, 2.05) is 5.32 Å². The predicted molar refractivity (Wildman–Crippen MR) is 83.5 cm³/mol. The summed E-state index contributed by atoms with van der Waals surface area (Å²) in [6, 6.07) is 5.79. The number of rotatable bonds is 5. The van der Waals surface area contributed by atoms with E-state index in [0.29, 0.717) is 18.6 Å². The highest BCUT2D eigenvalue weighted by molar-refractivity contribution is 7.89. The molecule has 1 aliphatic heterocycles. The van der Waals surface area contributed by atoms with Gasteiger partial charge in [-0.25, -0.2) is 8.42 Å². The summed E-state index contributed by atoms with van der Waals surface area (Å²) >= 11 is 0. The van der Waals surface area contributed by atoms with Crippen molar-refractivity contribution in [3.05, 3.63) is 24.3 Å². The minimum absolute atomic E-state index is 0.0460. The molecule has 1 aliphatic rings. The second-order valence-corrected chi connectivity index (χ2v) is 7.65. The number of hydrogen-bond acceptors (Lipinski definition) is 4. The molecule has 1 aromatic carbocycles. The Labute approximate surface area is 144 Å². The maximum absolute atomic E-state index is 12.6. The molecule has 1 heterocycles. The van der Waals surface area contributed by atoms with Gasteiger partial charge in [0.05, 0.1) is 17.9 Å². The van der Waals surface area contributed by atoms with Crippen LogP contribution in [0.2, 0.25) is 0 Å². The van der Waals surface area contributed by atoms with Crippen LogP contribution in [0, 0.1) is 5.92 Å². The third-order valence-corrected chi connectivity index (χ3v) is 5.79. The molecule has 0 saturated carbocycles. The summed E-state index contributed by atoms with van der Waals surface area (Å²) in [7, 11) is -2.36. The number of methoxy groups -OCH3 is 1. The van der Waals surface area contributed by atoms with Gasteiger partial charge in [0.2, 0.25) is 15.9 Å². The zero-order chi connectivity index (χ0) is 18.7. The Morgan fingerprint density at radius 1 is 1.32 bits per heavy atom. The van der Waals surface area contributed by atoms with E-state index in [9.17, 15) is 26.4 Å². The number of carbonyl (C=O) groups is 1. The lowest BCUT2D eigenvalue weighted by Gasteiger charge is -2.31. The lowest BCUT2D eigenvalue weighted by atomic mass is 9.99. The molecule has 0 spiro atoms. The number of nitrogens with zero attached hydrogens (tertiary/aromatic N) is 1. The highest BCUT2D eigenvalue weighted by Gasteiger charge is 2.35. The minimum atomic E-state index is -4.50. The van der Waals surface area contributed by atoms with Crippen LogP contribution in [-0.4, -0.2) is 51.6 Å². The average molecular weight is 380 g/mol. The molecule has 0 aliphatic carbocycles. The van der Waals surface area contributed by atoms with Gasteiger partial charge in [0.25, 0.3) is 0 Å². The fraction of sp³-hybridized carbons (Fsp3) is 0.533. The van der Waals surface area contributed by atoms with Crippen molar-refractivity contribution in [3.8, 4) is 5.75 Å². The molecular formula is C15H19F3N2O4S. The topological polar surface area (TPSA) is 75.7 Å². The maximum atomic E-state index is 12.6. The third-order valence-electron chi connectivity index (χ3n) is 3.92. The number of amides is 1. The van der Waals surface area contributed by atoms with Crippen LogP contribution in [0.5, 0.6) is 5.75 Å². The number of nitrogens with one attached hydrogen (secondary N) is 1. The van der Waals surface area contributed by atoms with Crippen molar-refractivity contribution >= 4 is 15.9 Å². The normalized spacial score (nSPS) is 19.4. The Kier molecular flexibility index (Phi) is 5.94. The van der Waals surface area contributed by atoms with E-state index in [4.69, 9.17) is 4.74 Å². The number of piperidine rings is 1. The molecule has 1 fully saturated rings. The van der Waals surface area contributed by atoms with Gasteiger partial charge in [-0.05, 0) is 37.1 Å². The van der Waals surface area contributed by atoms with E-state index < -0.39 is 34.6 Å². The monoisotopic (exact) mass is 380 g/mol. The number of halogens is 3. The molecule has 1 atom stereocenters. The Morgan fingerprint density at radius 2 is 1.96 bits per heavy atom. The molecule has 10 heteroatoms. The van der Waals surface area contributed by atoms with Crippen molar-refractivity contribution in [3.63, 3.8) is 0 Å². The number of alkyl halides is 3. The third kappa shape index (κ3) is 5.08. The summed E-state index contributed by atoms with van der Waals surface area (Å²) in [6.45, 7) is -1.34. The molecule has 0 bridgehead atoms. The van der Waals surface area contributed by atoms with Crippen molar-refractivity contribution in [1.29, 1.82) is 0 Å². The van der Waals surface area contributed by atoms with Gasteiger partial charge in [-0.2, -0.15) is 17.5 Å². The first kappa shape index (κ1) is 19.5. The summed E-state index contributed by atoms with van der Waals surface area (Å²) in [5.41, 5.74) is 0. The molecule has 1 unspecified atom stereocenters. The Hall–Kier alpha value is -1.81. The van der Waals surface area contributed by atoms with E-state index in [1.165, 1.54) is 31.4 Å². The van der Waals surface area contributed by atoms with Crippen LogP contribution in [0.3, 0.4) is 0 Å². The first-order valence-electron chi connectivity index (χ1n) is 7.62. The Balaban J connectivity index is 2.07. The van der Waals surface area contributed by atoms with Crippen LogP contribution >= 0.6 is 0 Å². The summed E-state index contributed by atoms with van der Waals surface area (Å²) in [6.07, 6.45) is -3.75. The van der Waals surface area contributed by atoms with Gasteiger partial charge in [-0.3, -0.25) is 4.79 Å². The maximum Gasteiger partial charge on any atom is 0.405 e. The smallest absolute Gasteiger partial charge is 0.405 e. The van der Waals surface area contributed by atoms with Crippen LogP contribution in [0.4, 0.5) is 13.2 Å². The van der Waals surface area contributed by atoms with E-state index in [0.717, 1.165) is 4.31 Å². The number of benzene rings is 1. The van der Waals surface area contributed by atoms with E-state index in [2.05, 4.69) is 0 Å². The molecule has 25 heavy (non-hydrogen) atoms. The fourth-order valence-electron chi connectivity index (χ4n) is 2.60. The molecule has 1 aromatic rings. The van der Waals surface area contributed by atoms with Crippen LogP contribution < -0.4 is 10.1 Å². The lowest BCUT2D eigenvalue weighted by molar-refractivity contribution is -0.141. The van der Waals surface area contributed by atoms with Gasteiger partial charge in [-0.1, -0.05) is 0 Å². The van der Waals surface area contributed by atoms with Crippen LogP contribution in [0.15, 0.2) is 29.2 Å².